The number of benzene rings is 1. The molecular weight excluding hydrogens is 314 g/mol. The van der Waals surface area contributed by atoms with Crippen molar-refractivity contribution < 1.29 is 0 Å². The van der Waals surface area contributed by atoms with Crippen molar-refractivity contribution in [1.29, 1.82) is 5.41 Å². The fourth-order valence-corrected chi connectivity index (χ4v) is 2.81. The predicted octanol–water partition coefficient (Wildman–Crippen LogP) is 2.39. The summed E-state index contributed by atoms with van der Waals surface area (Å²) in [5.41, 5.74) is 9.50. The van der Waals surface area contributed by atoms with Crippen LogP contribution in [0, 0.1) is 5.41 Å². The van der Waals surface area contributed by atoms with Crippen LogP contribution in [-0.4, -0.2) is 22.8 Å². The summed E-state index contributed by atoms with van der Waals surface area (Å²) in [6.45, 7) is 0. The number of nitrogens with one attached hydrogen (secondary N) is 2. The molecule has 0 spiro atoms. The lowest BCUT2D eigenvalue weighted by atomic mass is 9.98. The molecule has 6 heteroatoms. The molecule has 3 rings (SSSR count). The van der Waals surface area contributed by atoms with E-state index in [1.54, 1.807) is 55.5 Å². The Kier molecular flexibility index (Phi) is 4.35. The fraction of sp³-hybridized carbons (Fsp3) is 0.105. The van der Waals surface area contributed by atoms with Gasteiger partial charge in [-0.3, -0.25) is 9.78 Å². The number of hydrogen-bond donors (Lipinski definition) is 3. The van der Waals surface area contributed by atoms with E-state index in [1.807, 2.05) is 12.1 Å². The van der Waals surface area contributed by atoms with Crippen LogP contribution in [0.25, 0.3) is 27.6 Å². The van der Waals surface area contributed by atoms with Gasteiger partial charge in [0.2, 0.25) is 0 Å². The highest BCUT2D eigenvalue weighted by Gasteiger charge is 2.12. The van der Waals surface area contributed by atoms with E-state index in [0.717, 1.165) is 22.1 Å². The number of nitrogens with two attached hydrogens (primary N) is 1. The summed E-state index contributed by atoms with van der Waals surface area (Å²) in [6, 6.07) is 9.05. The Morgan fingerprint density at radius 1 is 1.28 bits per heavy atom. The normalized spacial score (nSPS) is 11.5. The minimum absolute atomic E-state index is 0.0804. The first-order valence-corrected chi connectivity index (χ1v) is 7.78. The van der Waals surface area contributed by atoms with Gasteiger partial charge in [-0.05, 0) is 35.2 Å². The standard InChI is InChI=1S/C19H19N5O/c1-22-10-13(9-20)12-3-4-15-16(7-12)17(11-24(2)19(15)25)18-8-14(21)5-6-23-18/h3-11,20,22H,1-2H3,(H2,21,23)/b13-10+,20-9?. The lowest BCUT2D eigenvalue weighted by Gasteiger charge is -2.11. The minimum Gasteiger partial charge on any atom is -0.399 e. The smallest absolute Gasteiger partial charge is 0.258 e. The predicted molar refractivity (Wildman–Crippen MR) is 103 cm³/mol. The number of pyridine rings is 2. The molecule has 25 heavy (non-hydrogen) atoms. The zero-order valence-corrected chi connectivity index (χ0v) is 14.1. The quantitative estimate of drug-likeness (QED) is 0.639. The minimum atomic E-state index is -0.0804. The first-order valence-electron chi connectivity index (χ1n) is 7.78. The molecule has 126 valence electrons. The van der Waals surface area contributed by atoms with Crippen LogP contribution in [0.4, 0.5) is 5.69 Å². The Hall–Kier alpha value is -3.41. The molecular formula is C19H19N5O. The molecule has 2 heterocycles. The topological polar surface area (TPSA) is 96.8 Å². The first-order chi connectivity index (χ1) is 12.0. The number of nitrogen functional groups attached to an aromatic ring is 1. The van der Waals surface area contributed by atoms with Gasteiger partial charge in [0.05, 0.1) is 5.69 Å². The highest BCUT2D eigenvalue weighted by molar-refractivity contribution is 6.10. The van der Waals surface area contributed by atoms with Crippen LogP contribution >= 0.6 is 0 Å². The molecule has 0 bridgehead atoms. The SMILES string of the molecule is CN/C=C(\C=N)c1ccc2c(=O)n(C)cc(-c3cc(N)ccn3)c2c1. The van der Waals surface area contributed by atoms with Crippen molar-refractivity contribution in [3.63, 3.8) is 0 Å². The summed E-state index contributed by atoms with van der Waals surface area (Å²) < 4.78 is 1.54. The largest absolute Gasteiger partial charge is 0.399 e. The molecule has 6 nitrogen and oxygen atoms in total. The van der Waals surface area contributed by atoms with E-state index in [2.05, 4.69) is 10.3 Å². The molecule has 1 aromatic carbocycles. The summed E-state index contributed by atoms with van der Waals surface area (Å²) in [5, 5.41) is 11.9. The average molecular weight is 333 g/mol. The maximum Gasteiger partial charge on any atom is 0.258 e. The Bertz CT molecular complexity index is 1050. The second-order valence-corrected chi connectivity index (χ2v) is 5.73. The Morgan fingerprint density at radius 3 is 2.76 bits per heavy atom. The van der Waals surface area contributed by atoms with E-state index in [1.165, 1.54) is 6.21 Å². The third kappa shape index (κ3) is 3.01. The van der Waals surface area contributed by atoms with Crippen molar-refractivity contribution >= 4 is 28.2 Å². The monoisotopic (exact) mass is 333 g/mol. The number of aryl methyl sites for hydroxylation is 1. The van der Waals surface area contributed by atoms with Gasteiger partial charge >= 0.3 is 0 Å². The first kappa shape index (κ1) is 16.4. The van der Waals surface area contributed by atoms with Gasteiger partial charge in [0.1, 0.15) is 0 Å². The maximum atomic E-state index is 12.5. The highest BCUT2D eigenvalue weighted by atomic mass is 16.1. The van der Waals surface area contributed by atoms with Crippen molar-refractivity contribution in [1.82, 2.24) is 14.9 Å². The van der Waals surface area contributed by atoms with Crippen molar-refractivity contribution in [2.24, 2.45) is 7.05 Å². The number of nitrogens with zero attached hydrogens (tertiary/aromatic N) is 2. The molecule has 0 aliphatic rings. The van der Waals surface area contributed by atoms with Gasteiger partial charge in [0, 0.05) is 61.1 Å². The molecule has 0 radical (unpaired) electrons. The number of aromatic nitrogens is 2. The van der Waals surface area contributed by atoms with E-state index in [-0.39, 0.29) is 5.56 Å². The van der Waals surface area contributed by atoms with Gasteiger partial charge in [-0.2, -0.15) is 0 Å². The van der Waals surface area contributed by atoms with E-state index >= 15 is 0 Å². The third-order valence-electron chi connectivity index (χ3n) is 4.03. The fourth-order valence-electron chi connectivity index (χ4n) is 2.81. The van der Waals surface area contributed by atoms with Crippen molar-refractivity contribution in [3.05, 3.63) is 64.8 Å². The maximum absolute atomic E-state index is 12.5. The van der Waals surface area contributed by atoms with E-state index in [4.69, 9.17) is 11.1 Å². The number of rotatable bonds is 4. The second-order valence-electron chi connectivity index (χ2n) is 5.73. The molecule has 2 aromatic heterocycles. The van der Waals surface area contributed by atoms with Gasteiger partial charge in [0.15, 0.2) is 0 Å². The molecule has 0 aliphatic heterocycles. The lowest BCUT2D eigenvalue weighted by Crippen LogP contribution is -2.16. The molecule has 0 amide bonds. The highest BCUT2D eigenvalue weighted by Crippen LogP contribution is 2.28. The van der Waals surface area contributed by atoms with Crippen molar-refractivity contribution in [2.45, 2.75) is 0 Å². The lowest BCUT2D eigenvalue weighted by molar-refractivity contribution is 0.874. The van der Waals surface area contributed by atoms with Crippen LogP contribution in [0.3, 0.4) is 0 Å². The molecule has 3 aromatic rings. The molecule has 0 atom stereocenters. The summed E-state index contributed by atoms with van der Waals surface area (Å²) in [5.74, 6) is 0. The molecule has 0 fully saturated rings. The van der Waals surface area contributed by atoms with Gasteiger partial charge in [-0.25, -0.2) is 0 Å². The molecule has 0 unspecified atom stereocenters. The van der Waals surface area contributed by atoms with Gasteiger partial charge < -0.3 is 21.0 Å². The molecule has 4 N–H and O–H groups in total. The number of allylic oxidation sites excluding steroid dienone is 1. The molecule has 0 saturated carbocycles. The number of fused-ring (bicyclic) bond motifs is 1. The molecule has 0 saturated heterocycles. The zero-order valence-electron chi connectivity index (χ0n) is 14.1. The Balaban J connectivity index is 2.36. The van der Waals surface area contributed by atoms with Crippen LogP contribution < -0.4 is 16.6 Å². The van der Waals surface area contributed by atoms with E-state index in [0.29, 0.717) is 16.8 Å². The summed E-state index contributed by atoms with van der Waals surface area (Å²) in [6.07, 6.45) is 6.43. The van der Waals surface area contributed by atoms with Crippen LogP contribution in [0.5, 0.6) is 0 Å². The summed E-state index contributed by atoms with van der Waals surface area (Å²) in [7, 11) is 3.50. The summed E-state index contributed by atoms with van der Waals surface area (Å²) in [4.78, 5) is 16.9. The van der Waals surface area contributed by atoms with Crippen molar-refractivity contribution in [2.75, 3.05) is 12.8 Å². The Labute approximate surface area is 145 Å². The van der Waals surface area contributed by atoms with E-state index in [9.17, 15) is 4.79 Å². The third-order valence-corrected chi connectivity index (χ3v) is 4.03. The number of anilines is 1. The number of hydrogen-bond acceptors (Lipinski definition) is 5. The van der Waals surface area contributed by atoms with Gasteiger partial charge in [-0.1, -0.05) is 6.07 Å². The van der Waals surface area contributed by atoms with Crippen LogP contribution in [0.1, 0.15) is 5.56 Å². The zero-order chi connectivity index (χ0) is 18.0. The second kappa shape index (κ2) is 6.60. The Morgan fingerprint density at radius 2 is 2.08 bits per heavy atom. The van der Waals surface area contributed by atoms with Crippen LogP contribution in [-0.2, 0) is 7.05 Å². The van der Waals surface area contributed by atoms with Gasteiger partial charge in [0.25, 0.3) is 5.56 Å². The molecule has 0 aliphatic carbocycles. The van der Waals surface area contributed by atoms with Crippen LogP contribution in [0.15, 0.2) is 53.7 Å². The summed E-state index contributed by atoms with van der Waals surface area (Å²) >= 11 is 0. The van der Waals surface area contributed by atoms with E-state index < -0.39 is 0 Å². The van der Waals surface area contributed by atoms with Gasteiger partial charge in [-0.15, -0.1) is 0 Å². The van der Waals surface area contributed by atoms with Crippen molar-refractivity contribution in [3.8, 4) is 11.3 Å². The van der Waals surface area contributed by atoms with Crippen LogP contribution in [0.2, 0.25) is 0 Å². The average Bonchev–Trinajstić information content (AvgIpc) is 2.62.